The van der Waals surface area contributed by atoms with Crippen molar-refractivity contribution < 1.29 is 0 Å². The molecule has 0 bridgehead atoms. The summed E-state index contributed by atoms with van der Waals surface area (Å²) < 4.78 is 0. The van der Waals surface area contributed by atoms with Crippen LogP contribution in [-0.2, 0) is 6.42 Å². The van der Waals surface area contributed by atoms with Gasteiger partial charge in [-0.05, 0) is 32.3 Å². The van der Waals surface area contributed by atoms with Gasteiger partial charge in [0, 0.05) is 12.6 Å². The second-order valence-corrected chi connectivity index (χ2v) is 3.59. The summed E-state index contributed by atoms with van der Waals surface area (Å²) in [6.45, 7) is 5.25. The van der Waals surface area contributed by atoms with E-state index >= 15 is 0 Å². The Kier molecular flexibility index (Phi) is 4.55. The second kappa shape index (κ2) is 5.76. The molecule has 1 aromatic rings. The predicted molar refractivity (Wildman–Crippen MR) is 56.9 cm³/mol. The van der Waals surface area contributed by atoms with Crippen LogP contribution in [0.5, 0.6) is 0 Å². The van der Waals surface area contributed by atoms with Gasteiger partial charge in [0.2, 0.25) is 0 Å². The summed E-state index contributed by atoms with van der Waals surface area (Å²) in [5.74, 6) is 0. The van der Waals surface area contributed by atoms with E-state index in [2.05, 4.69) is 49.5 Å². The quantitative estimate of drug-likeness (QED) is 0.612. The number of nitrogens with zero attached hydrogens (tertiary/aromatic N) is 1. The van der Waals surface area contributed by atoms with Crippen LogP contribution in [0.2, 0.25) is 0 Å². The first kappa shape index (κ1) is 10.3. The lowest BCUT2D eigenvalue weighted by Crippen LogP contribution is -2.15. The zero-order valence-electron chi connectivity index (χ0n) is 8.53. The van der Waals surface area contributed by atoms with E-state index in [1.807, 2.05) is 0 Å². The highest BCUT2D eigenvalue weighted by Crippen LogP contribution is 2.01. The van der Waals surface area contributed by atoms with Gasteiger partial charge in [0.05, 0.1) is 0 Å². The Morgan fingerprint density at radius 3 is 2.46 bits per heavy atom. The molecule has 0 fully saturated rings. The average molecular weight is 176 g/mol. The van der Waals surface area contributed by atoms with E-state index in [4.69, 9.17) is 0 Å². The molecule has 0 atom stereocenters. The molecule has 0 aliphatic heterocycles. The van der Waals surface area contributed by atoms with Crippen LogP contribution in [0.15, 0.2) is 30.3 Å². The van der Waals surface area contributed by atoms with Gasteiger partial charge >= 0.3 is 0 Å². The van der Waals surface area contributed by atoms with Gasteiger partial charge in [0.1, 0.15) is 0 Å². The van der Waals surface area contributed by atoms with Crippen molar-refractivity contribution in [3.63, 3.8) is 0 Å². The predicted octanol–water partition coefficient (Wildman–Crippen LogP) is 2.63. The molecular formula is C12H18N. The van der Waals surface area contributed by atoms with Crippen molar-refractivity contribution in [1.82, 2.24) is 5.32 Å². The van der Waals surface area contributed by atoms with Crippen LogP contribution in [-0.4, -0.2) is 12.6 Å². The minimum absolute atomic E-state index is 0.482. The Balaban J connectivity index is 2.13. The molecule has 0 spiro atoms. The largest absolute Gasteiger partial charge is 0.239 e. The summed E-state index contributed by atoms with van der Waals surface area (Å²) in [5, 5.41) is 4.44. The minimum Gasteiger partial charge on any atom is -0.239 e. The number of hydrogen-bond donors (Lipinski definition) is 0. The fourth-order valence-electron chi connectivity index (χ4n) is 1.28. The molecule has 0 heterocycles. The highest BCUT2D eigenvalue weighted by molar-refractivity contribution is 5.14. The van der Waals surface area contributed by atoms with Gasteiger partial charge in [-0.3, -0.25) is 0 Å². The lowest BCUT2D eigenvalue weighted by atomic mass is 10.1. The van der Waals surface area contributed by atoms with E-state index in [0.29, 0.717) is 6.04 Å². The molecule has 0 amide bonds. The Labute approximate surface area is 81.2 Å². The van der Waals surface area contributed by atoms with E-state index in [0.717, 1.165) is 13.0 Å². The van der Waals surface area contributed by atoms with Crippen LogP contribution >= 0.6 is 0 Å². The fourth-order valence-corrected chi connectivity index (χ4v) is 1.28. The van der Waals surface area contributed by atoms with E-state index in [1.54, 1.807) is 0 Å². The lowest BCUT2D eigenvalue weighted by Gasteiger charge is -2.04. The second-order valence-electron chi connectivity index (χ2n) is 3.59. The van der Waals surface area contributed by atoms with Crippen molar-refractivity contribution in [2.45, 2.75) is 32.7 Å². The van der Waals surface area contributed by atoms with Gasteiger partial charge in [0.25, 0.3) is 0 Å². The molecule has 1 nitrogen and oxygen atoms in total. The first-order chi connectivity index (χ1) is 6.29. The highest BCUT2D eigenvalue weighted by atomic mass is 14.9. The molecule has 0 aliphatic rings. The molecule has 0 unspecified atom stereocenters. The third-order valence-corrected chi connectivity index (χ3v) is 1.96. The van der Waals surface area contributed by atoms with E-state index in [-0.39, 0.29) is 0 Å². The van der Waals surface area contributed by atoms with Crippen LogP contribution in [0.25, 0.3) is 0 Å². The maximum atomic E-state index is 4.44. The molecule has 1 radical (unpaired) electrons. The monoisotopic (exact) mass is 176 g/mol. The molecule has 1 aromatic carbocycles. The summed E-state index contributed by atoms with van der Waals surface area (Å²) in [6.07, 6.45) is 2.32. The molecule has 0 aromatic heterocycles. The van der Waals surface area contributed by atoms with Gasteiger partial charge in [-0.15, -0.1) is 0 Å². The lowest BCUT2D eigenvalue weighted by molar-refractivity contribution is 0.558. The number of aryl methyl sites for hydroxylation is 1. The van der Waals surface area contributed by atoms with Crippen molar-refractivity contribution in [2.75, 3.05) is 6.54 Å². The summed E-state index contributed by atoms with van der Waals surface area (Å²) >= 11 is 0. The molecule has 0 saturated carbocycles. The van der Waals surface area contributed by atoms with Gasteiger partial charge in [-0.2, -0.15) is 0 Å². The van der Waals surface area contributed by atoms with Crippen LogP contribution in [0.4, 0.5) is 0 Å². The third kappa shape index (κ3) is 4.69. The van der Waals surface area contributed by atoms with Gasteiger partial charge in [-0.25, -0.2) is 5.32 Å². The molecule has 0 saturated heterocycles. The van der Waals surface area contributed by atoms with E-state index in [9.17, 15) is 0 Å². The van der Waals surface area contributed by atoms with Crippen molar-refractivity contribution in [3.8, 4) is 0 Å². The van der Waals surface area contributed by atoms with Crippen molar-refractivity contribution in [3.05, 3.63) is 35.9 Å². The number of hydrogen-bond acceptors (Lipinski definition) is 0. The summed E-state index contributed by atoms with van der Waals surface area (Å²) in [4.78, 5) is 0. The molecule has 13 heavy (non-hydrogen) atoms. The standard InChI is InChI=1S/C12H18N/c1-11(2)13-10-6-9-12-7-4-3-5-8-12/h3-5,7-8,11H,6,9-10H2,1-2H3. The summed E-state index contributed by atoms with van der Waals surface area (Å²) in [5.41, 5.74) is 1.42. The first-order valence-corrected chi connectivity index (χ1v) is 4.99. The first-order valence-electron chi connectivity index (χ1n) is 4.99. The normalized spacial score (nSPS) is 10.7. The topological polar surface area (TPSA) is 14.1 Å². The SMILES string of the molecule is CC(C)[N]CCCc1ccccc1. The maximum absolute atomic E-state index is 4.44. The van der Waals surface area contributed by atoms with Crippen LogP contribution in [0, 0.1) is 0 Å². The van der Waals surface area contributed by atoms with Crippen LogP contribution in [0.1, 0.15) is 25.8 Å². The Morgan fingerprint density at radius 1 is 1.15 bits per heavy atom. The Bertz CT molecular complexity index is 216. The van der Waals surface area contributed by atoms with Crippen LogP contribution < -0.4 is 5.32 Å². The molecule has 0 aliphatic carbocycles. The van der Waals surface area contributed by atoms with Crippen molar-refractivity contribution in [1.29, 1.82) is 0 Å². The molecule has 1 rings (SSSR count). The molecule has 0 N–H and O–H groups in total. The molecule has 1 heteroatoms. The third-order valence-electron chi connectivity index (χ3n) is 1.96. The Hall–Kier alpha value is -0.820. The highest BCUT2D eigenvalue weighted by Gasteiger charge is 1.94. The molecular weight excluding hydrogens is 158 g/mol. The minimum atomic E-state index is 0.482. The summed E-state index contributed by atoms with van der Waals surface area (Å²) in [7, 11) is 0. The van der Waals surface area contributed by atoms with Crippen molar-refractivity contribution >= 4 is 0 Å². The Morgan fingerprint density at radius 2 is 1.85 bits per heavy atom. The van der Waals surface area contributed by atoms with Gasteiger partial charge < -0.3 is 0 Å². The summed E-state index contributed by atoms with van der Waals surface area (Å²) in [6, 6.07) is 11.1. The zero-order chi connectivity index (χ0) is 9.52. The van der Waals surface area contributed by atoms with Crippen molar-refractivity contribution in [2.24, 2.45) is 0 Å². The zero-order valence-corrected chi connectivity index (χ0v) is 8.53. The van der Waals surface area contributed by atoms with Gasteiger partial charge in [-0.1, -0.05) is 30.3 Å². The fraction of sp³-hybridized carbons (Fsp3) is 0.500. The van der Waals surface area contributed by atoms with E-state index < -0.39 is 0 Å². The average Bonchev–Trinajstić information content (AvgIpc) is 2.14. The smallest absolute Gasteiger partial charge is 0.0189 e. The number of rotatable bonds is 5. The maximum Gasteiger partial charge on any atom is 0.0189 e. The molecule has 71 valence electrons. The van der Waals surface area contributed by atoms with Crippen LogP contribution in [0.3, 0.4) is 0 Å². The number of benzene rings is 1. The van der Waals surface area contributed by atoms with E-state index in [1.165, 1.54) is 12.0 Å². The van der Waals surface area contributed by atoms with Gasteiger partial charge in [0.15, 0.2) is 0 Å².